The fraction of sp³-hybridized carbons (Fsp3) is 0.357. The fourth-order valence-electron chi connectivity index (χ4n) is 2.19. The van der Waals surface area contributed by atoms with Gasteiger partial charge in [0.1, 0.15) is 17.6 Å². The largest absolute Gasteiger partial charge is 0.362 e. The van der Waals surface area contributed by atoms with Crippen molar-refractivity contribution in [2.24, 2.45) is 0 Å². The number of nitrogens with one attached hydrogen (secondary N) is 1. The molecule has 0 aliphatic rings. The highest BCUT2D eigenvalue weighted by Crippen LogP contribution is 2.26. The van der Waals surface area contributed by atoms with E-state index in [9.17, 15) is 5.26 Å². The van der Waals surface area contributed by atoms with Gasteiger partial charge in [-0.3, -0.25) is 0 Å². The predicted molar refractivity (Wildman–Crippen MR) is 71.7 cm³/mol. The summed E-state index contributed by atoms with van der Waals surface area (Å²) in [5.74, 6) is 1.37. The van der Waals surface area contributed by atoms with Gasteiger partial charge in [-0.05, 0) is 39.3 Å². The van der Waals surface area contributed by atoms with E-state index in [-0.39, 0.29) is 6.04 Å². The van der Waals surface area contributed by atoms with Gasteiger partial charge in [-0.15, -0.1) is 0 Å². The number of rotatable bonds is 3. The zero-order chi connectivity index (χ0) is 14.0. The minimum absolute atomic E-state index is 0.0207. The zero-order valence-corrected chi connectivity index (χ0v) is 11.5. The van der Waals surface area contributed by atoms with Crippen molar-refractivity contribution < 1.29 is 4.52 Å². The van der Waals surface area contributed by atoms with Gasteiger partial charge < -0.3 is 9.84 Å². The first-order valence-electron chi connectivity index (χ1n) is 6.09. The van der Waals surface area contributed by atoms with Crippen molar-refractivity contribution in [2.45, 2.75) is 33.7 Å². The summed E-state index contributed by atoms with van der Waals surface area (Å²) >= 11 is 0. The molecule has 2 rings (SSSR count). The molecule has 98 valence electrons. The van der Waals surface area contributed by atoms with Gasteiger partial charge in [0.15, 0.2) is 0 Å². The van der Waals surface area contributed by atoms with Gasteiger partial charge >= 0.3 is 0 Å². The summed E-state index contributed by atoms with van der Waals surface area (Å²) < 4.78 is 5.16. The number of anilines is 1. The van der Waals surface area contributed by atoms with Crippen molar-refractivity contribution in [1.29, 1.82) is 5.26 Å². The second kappa shape index (κ2) is 5.11. The van der Waals surface area contributed by atoms with Crippen LogP contribution < -0.4 is 5.32 Å². The van der Waals surface area contributed by atoms with Crippen LogP contribution in [0.1, 0.15) is 41.1 Å². The molecule has 0 aliphatic heterocycles. The smallest absolute Gasteiger partial charge is 0.144 e. The Morgan fingerprint density at radius 2 is 2.11 bits per heavy atom. The lowest BCUT2D eigenvalue weighted by molar-refractivity contribution is 0.392. The number of nitrogens with zero attached hydrogens (tertiary/aromatic N) is 3. The maximum absolute atomic E-state index is 9.19. The molecule has 1 atom stereocenters. The zero-order valence-electron chi connectivity index (χ0n) is 11.5. The van der Waals surface area contributed by atoms with Crippen molar-refractivity contribution in [3.63, 3.8) is 0 Å². The number of hydrogen-bond donors (Lipinski definition) is 1. The maximum atomic E-state index is 9.19. The van der Waals surface area contributed by atoms with Crippen LogP contribution in [0.2, 0.25) is 0 Å². The number of nitriles is 1. The Labute approximate surface area is 112 Å². The monoisotopic (exact) mass is 256 g/mol. The Hall–Kier alpha value is -2.35. The van der Waals surface area contributed by atoms with E-state index in [1.165, 1.54) is 0 Å². The SMILES string of the molecule is Cc1ccnc(NC(C)c2c(C)noc2C)c1C#N. The lowest BCUT2D eigenvalue weighted by Gasteiger charge is -2.15. The average molecular weight is 256 g/mol. The van der Waals surface area contributed by atoms with E-state index in [1.54, 1.807) is 6.20 Å². The van der Waals surface area contributed by atoms with Crippen LogP contribution in [-0.2, 0) is 0 Å². The molecule has 19 heavy (non-hydrogen) atoms. The normalized spacial score (nSPS) is 11.9. The molecular weight excluding hydrogens is 240 g/mol. The quantitative estimate of drug-likeness (QED) is 0.913. The lowest BCUT2D eigenvalue weighted by Crippen LogP contribution is -2.11. The van der Waals surface area contributed by atoms with Crippen molar-refractivity contribution in [3.05, 3.63) is 40.4 Å². The minimum atomic E-state index is -0.0207. The van der Waals surface area contributed by atoms with Gasteiger partial charge in [0, 0.05) is 11.8 Å². The molecule has 5 heteroatoms. The summed E-state index contributed by atoms with van der Waals surface area (Å²) in [4.78, 5) is 4.23. The van der Waals surface area contributed by atoms with Crippen LogP contribution in [-0.4, -0.2) is 10.1 Å². The molecule has 0 aromatic carbocycles. The number of pyridine rings is 1. The fourth-order valence-corrected chi connectivity index (χ4v) is 2.19. The standard InChI is InChI=1S/C14H16N4O/c1-8-5-6-16-14(12(8)7-15)17-9(2)13-10(3)18-19-11(13)4/h5-6,9H,1-4H3,(H,16,17). The minimum Gasteiger partial charge on any atom is -0.362 e. The van der Waals surface area contributed by atoms with E-state index in [4.69, 9.17) is 4.52 Å². The molecule has 1 unspecified atom stereocenters. The third-order valence-corrected chi connectivity index (χ3v) is 3.15. The molecule has 5 nitrogen and oxygen atoms in total. The van der Waals surface area contributed by atoms with Crippen molar-refractivity contribution in [2.75, 3.05) is 5.32 Å². The van der Waals surface area contributed by atoms with E-state index in [0.29, 0.717) is 11.4 Å². The molecule has 0 bridgehead atoms. The Morgan fingerprint density at radius 3 is 2.68 bits per heavy atom. The van der Waals surface area contributed by atoms with Crippen molar-refractivity contribution in [3.8, 4) is 6.07 Å². The van der Waals surface area contributed by atoms with E-state index in [0.717, 1.165) is 22.6 Å². The summed E-state index contributed by atoms with van der Waals surface area (Å²) in [7, 11) is 0. The number of hydrogen-bond acceptors (Lipinski definition) is 5. The maximum Gasteiger partial charge on any atom is 0.144 e. The van der Waals surface area contributed by atoms with Crippen LogP contribution in [0.4, 0.5) is 5.82 Å². The first-order chi connectivity index (χ1) is 9.04. The Kier molecular flexibility index (Phi) is 3.52. The molecule has 0 amide bonds. The van der Waals surface area contributed by atoms with Crippen molar-refractivity contribution in [1.82, 2.24) is 10.1 Å². The second-order valence-corrected chi connectivity index (χ2v) is 4.57. The van der Waals surface area contributed by atoms with Gasteiger partial charge in [0.25, 0.3) is 0 Å². The highest BCUT2D eigenvalue weighted by molar-refractivity contribution is 5.56. The predicted octanol–water partition coefficient (Wildman–Crippen LogP) is 3.04. The molecule has 0 spiro atoms. The highest BCUT2D eigenvalue weighted by Gasteiger charge is 2.18. The van der Waals surface area contributed by atoms with Crippen LogP contribution in [0, 0.1) is 32.1 Å². The van der Waals surface area contributed by atoms with Crippen molar-refractivity contribution >= 4 is 5.82 Å². The highest BCUT2D eigenvalue weighted by atomic mass is 16.5. The molecule has 0 saturated carbocycles. The van der Waals surface area contributed by atoms with Crippen LogP contribution in [0.5, 0.6) is 0 Å². The first-order valence-corrected chi connectivity index (χ1v) is 6.09. The second-order valence-electron chi connectivity index (χ2n) is 4.57. The van der Waals surface area contributed by atoms with Gasteiger partial charge in [-0.1, -0.05) is 5.16 Å². The lowest BCUT2D eigenvalue weighted by atomic mass is 10.1. The van der Waals surface area contributed by atoms with E-state index in [1.807, 2.05) is 33.8 Å². The van der Waals surface area contributed by atoms with E-state index < -0.39 is 0 Å². The third-order valence-electron chi connectivity index (χ3n) is 3.15. The van der Waals surface area contributed by atoms with E-state index in [2.05, 4.69) is 21.5 Å². The Balaban J connectivity index is 2.33. The molecule has 0 saturated heterocycles. The van der Waals surface area contributed by atoms with Gasteiger partial charge in [-0.25, -0.2) is 4.98 Å². The molecule has 2 aromatic heterocycles. The van der Waals surface area contributed by atoms with Gasteiger partial charge in [0.2, 0.25) is 0 Å². The summed E-state index contributed by atoms with van der Waals surface area (Å²) in [5, 5.41) is 16.4. The van der Waals surface area contributed by atoms with Crippen LogP contribution in [0.25, 0.3) is 0 Å². The van der Waals surface area contributed by atoms with Crippen LogP contribution in [0.3, 0.4) is 0 Å². The molecular formula is C14H16N4O. The Morgan fingerprint density at radius 1 is 1.37 bits per heavy atom. The third kappa shape index (κ3) is 2.43. The van der Waals surface area contributed by atoms with E-state index >= 15 is 0 Å². The molecule has 1 N–H and O–H groups in total. The van der Waals surface area contributed by atoms with Gasteiger partial charge in [0.05, 0.1) is 17.3 Å². The molecule has 0 fully saturated rings. The molecule has 2 heterocycles. The number of aromatic nitrogens is 2. The molecule has 0 radical (unpaired) electrons. The van der Waals surface area contributed by atoms with Crippen LogP contribution >= 0.6 is 0 Å². The summed E-state index contributed by atoms with van der Waals surface area (Å²) in [6.07, 6.45) is 1.69. The summed E-state index contributed by atoms with van der Waals surface area (Å²) in [5.41, 5.74) is 3.34. The van der Waals surface area contributed by atoms with Gasteiger partial charge in [-0.2, -0.15) is 5.26 Å². The first kappa shape index (κ1) is 13.1. The Bertz CT molecular complexity index is 620. The number of aryl methyl sites for hydroxylation is 3. The summed E-state index contributed by atoms with van der Waals surface area (Å²) in [6, 6.07) is 3.98. The summed E-state index contributed by atoms with van der Waals surface area (Å²) in [6.45, 7) is 7.67. The topological polar surface area (TPSA) is 74.7 Å². The van der Waals surface area contributed by atoms with Crippen LogP contribution in [0.15, 0.2) is 16.8 Å². The molecule has 2 aromatic rings. The average Bonchev–Trinajstić information content (AvgIpc) is 2.69. The molecule has 0 aliphatic carbocycles.